The minimum atomic E-state index is -0.638. The van der Waals surface area contributed by atoms with Crippen molar-refractivity contribution in [1.82, 2.24) is 10.2 Å². The van der Waals surface area contributed by atoms with Crippen LogP contribution in [0.4, 0.5) is 4.79 Å². The first-order valence-corrected chi connectivity index (χ1v) is 8.02. The van der Waals surface area contributed by atoms with Crippen LogP contribution in [0.2, 0.25) is 0 Å². The van der Waals surface area contributed by atoms with Crippen molar-refractivity contribution < 1.29 is 14.4 Å². The van der Waals surface area contributed by atoms with Crippen molar-refractivity contribution in [2.45, 2.75) is 6.42 Å². The van der Waals surface area contributed by atoms with Gasteiger partial charge in [0, 0.05) is 19.3 Å². The number of hydrogen-bond donors (Lipinski definition) is 1. The van der Waals surface area contributed by atoms with Crippen LogP contribution in [0.5, 0.6) is 0 Å². The van der Waals surface area contributed by atoms with Gasteiger partial charge in [-0.15, -0.1) is 0 Å². The molecule has 1 aromatic heterocycles. The first-order valence-electron chi connectivity index (χ1n) is 7.07. The third kappa shape index (κ3) is 3.42. The molecule has 0 bridgehead atoms. The van der Waals surface area contributed by atoms with Gasteiger partial charge in [-0.05, 0) is 28.5 Å². The summed E-state index contributed by atoms with van der Waals surface area (Å²) in [4.78, 5) is 44.8. The van der Waals surface area contributed by atoms with Gasteiger partial charge in [0.2, 0.25) is 11.8 Å². The number of dihydropyridines is 1. The maximum Gasteiger partial charge on any atom is 0.352 e. The zero-order valence-electron chi connectivity index (χ0n) is 12.1. The summed E-state index contributed by atoms with van der Waals surface area (Å²) in [5.41, 5.74) is 0.942. The number of amidine groups is 1. The topological polar surface area (TPSA) is 91.2 Å². The number of urea groups is 1. The molecule has 1 unspecified atom stereocenters. The molecular weight excluding hydrogens is 316 g/mol. The van der Waals surface area contributed by atoms with E-state index in [2.05, 4.69) is 15.3 Å². The van der Waals surface area contributed by atoms with Gasteiger partial charge in [0.05, 0.1) is 6.42 Å². The van der Waals surface area contributed by atoms with Crippen molar-refractivity contribution in [3.8, 4) is 0 Å². The van der Waals surface area contributed by atoms with Crippen LogP contribution in [0.3, 0.4) is 0 Å². The van der Waals surface area contributed by atoms with Gasteiger partial charge in [-0.3, -0.25) is 14.5 Å². The highest BCUT2D eigenvalue weighted by Crippen LogP contribution is 2.18. The maximum atomic E-state index is 12.3. The molecule has 0 aromatic carbocycles. The molecule has 0 aliphatic carbocycles. The first-order chi connectivity index (χ1) is 11.1. The molecule has 1 aromatic rings. The molecule has 2 aliphatic heterocycles. The summed E-state index contributed by atoms with van der Waals surface area (Å²) in [7, 11) is 0. The van der Waals surface area contributed by atoms with Gasteiger partial charge in [0.15, 0.2) is 0 Å². The lowest BCUT2D eigenvalue weighted by atomic mass is 10.0. The standard InChI is InChI=1S/C15H14N4O3S/c20-12(8-10-3-7-23-9-10)16-5-6-19-14(21)11-2-1-4-17-13(11)18-15(19)22/h1-4,7,9,11H,5-6,8H2,(H,16,20). The van der Waals surface area contributed by atoms with Crippen molar-refractivity contribution in [1.29, 1.82) is 0 Å². The number of fused-ring (bicyclic) bond motifs is 1. The molecule has 0 saturated heterocycles. The molecule has 3 heterocycles. The molecule has 4 amide bonds. The first kappa shape index (κ1) is 15.3. The molecule has 118 valence electrons. The van der Waals surface area contributed by atoms with Gasteiger partial charge in [0.1, 0.15) is 11.8 Å². The van der Waals surface area contributed by atoms with Gasteiger partial charge in [-0.2, -0.15) is 16.3 Å². The molecular formula is C15H14N4O3S. The molecule has 0 spiro atoms. The van der Waals surface area contributed by atoms with Crippen LogP contribution in [-0.2, 0) is 16.0 Å². The third-order valence-corrected chi connectivity index (χ3v) is 4.18. The third-order valence-electron chi connectivity index (χ3n) is 3.45. The normalized spacial score (nSPS) is 19.6. The van der Waals surface area contributed by atoms with E-state index < -0.39 is 11.9 Å². The lowest BCUT2D eigenvalue weighted by Gasteiger charge is -2.27. The van der Waals surface area contributed by atoms with E-state index in [9.17, 15) is 14.4 Å². The second-order valence-corrected chi connectivity index (χ2v) is 5.82. The summed E-state index contributed by atoms with van der Waals surface area (Å²) in [6.45, 7) is 0.295. The zero-order chi connectivity index (χ0) is 16.2. The summed E-state index contributed by atoms with van der Waals surface area (Å²) in [6, 6.07) is 1.24. The number of nitrogens with zero attached hydrogens (tertiary/aromatic N) is 3. The van der Waals surface area contributed by atoms with E-state index in [1.54, 1.807) is 12.2 Å². The van der Waals surface area contributed by atoms with E-state index in [1.165, 1.54) is 17.6 Å². The van der Waals surface area contributed by atoms with Gasteiger partial charge < -0.3 is 5.32 Å². The highest BCUT2D eigenvalue weighted by Gasteiger charge is 2.36. The monoisotopic (exact) mass is 330 g/mol. The van der Waals surface area contributed by atoms with Gasteiger partial charge in [-0.25, -0.2) is 9.79 Å². The van der Waals surface area contributed by atoms with Crippen LogP contribution < -0.4 is 5.32 Å². The van der Waals surface area contributed by atoms with Crippen molar-refractivity contribution in [3.05, 3.63) is 34.5 Å². The predicted molar refractivity (Wildman–Crippen MR) is 86.7 cm³/mol. The fourth-order valence-corrected chi connectivity index (χ4v) is 2.98. The van der Waals surface area contributed by atoms with Crippen LogP contribution in [0.15, 0.2) is 39.0 Å². The second-order valence-electron chi connectivity index (χ2n) is 5.04. The summed E-state index contributed by atoms with van der Waals surface area (Å²) in [5.74, 6) is -0.897. The minimum Gasteiger partial charge on any atom is -0.354 e. The highest BCUT2D eigenvalue weighted by molar-refractivity contribution is 7.08. The molecule has 3 rings (SSSR count). The van der Waals surface area contributed by atoms with E-state index in [0.717, 1.165) is 10.5 Å². The van der Waals surface area contributed by atoms with Crippen LogP contribution in [0.25, 0.3) is 0 Å². The van der Waals surface area contributed by atoms with Crippen LogP contribution >= 0.6 is 11.3 Å². The number of nitrogens with one attached hydrogen (secondary N) is 1. The Balaban J connectivity index is 1.54. The lowest BCUT2D eigenvalue weighted by Crippen LogP contribution is -2.48. The summed E-state index contributed by atoms with van der Waals surface area (Å²) in [6.07, 6.45) is 5.09. The van der Waals surface area contributed by atoms with E-state index in [0.29, 0.717) is 0 Å². The van der Waals surface area contributed by atoms with E-state index in [4.69, 9.17) is 0 Å². The lowest BCUT2D eigenvalue weighted by molar-refractivity contribution is -0.130. The Morgan fingerprint density at radius 2 is 2.26 bits per heavy atom. The quantitative estimate of drug-likeness (QED) is 0.874. The molecule has 1 N–H and O–H groups in total. The molecule has 0 saturated carbocycles. The number of carbonyl (C=O) groups excluding carboxylic acids is 3. The highest BCUT2D eigenvalue weighted by atomic mass is 32.1. The number of allylic oxidation sites excluding steroid dienone is 1. The van der Waals surface area contributed by atoms with Gasteiger partial charge >= 0.3 is 6.03 Å². The maximum absolute atomic E-state index is 12.3. The minimum absolute atomic E-state index is 0.0951. The Kier molecular flexibility index (Phi) is 4.42. The Hall–Kier alpha value is -2.61. The molecule has 8 heteroatoms. The van der Waals surface area contributed by atoms with Crippen LogP contribution in [0.1, 0.15) is 5.56 Å². The van der Waals surface area contributed by atoms with Crippen LogP contribution in [-0.4, -0.2) is 47.9 Å². The molecule has 0 radical (unpaired) electrons. The fraction of sp³-hybridized carbons (Fsp3) is 0.267. The number of hydrogen-bond acceptors (Lipinski definition) is 5. The Morgan fingerprint density at radius 3 is 3.04 bits per heavy atom. The number of rotatable bonds is 5. The Morgan fingerprint density at radius 1 is 1.39 bits per heavy atom. The molecule has 23 heavy (non-hydrogen) atoms. The summed E-state index contributed by atoms with van der Waals surface area (Å²) in [5, 5.41) is 6.52. The molecule has 0 fully saturated rings. The van der Waals surface area contributed by atoms with E-state index >= 15 is 0 Å². The molecule has 7 nitrogen and oxygen atoms in total. The average molecular weight is 330 g/mol. The number of aliphatic imine (C=N–C) groups is 2. The number of amides is 4. The SMILES string of the molecule is O=C(Cc1ccsc1)NCCN1C(=O)N=C2N=CC=CC2C1=O. The van der Waals surface area contributed by atoms with Crippen molar-refractivity contribution in [2.75, 3.05) is 13.1 Å². The fourth-order valence-electron chi connectivity index (χ4n) is 2.31. The predicted octanol–water partition coefficient (Wildman–Crippen LogP) is 1.02. The van der Waals surface area contributed by atoms with Gasteiger partial charge in [0.25, 0.3) is 0 Å². The van der Waals surface area contributed by atoms with Crippen molar-refractivity contribution in [3.63, 3.8) is 0 Å². The second kappa shape index (κ2) is 6.66. The van der Waals surface area contributed by atoms with E-state index in [-0.39, 0.29) is 37.2 Å². The van der Waals surface area contributed by atoms with E-state index in [1.807, 2.05) is 16.8 Å². The van der Waals surface area contributed by atoms with Gasteiger partial charge in [-0.1, -0.05) is 6.08 Å². The number of thiophene rings is 1. The Bertz CT molecular complexity index is 721. The average Bonchev–Trinajstić information content (AvgIpc) is 3.03. The van der Waals surface area contributed by atoms with Crippen molar-refractivity contribution in [2.24, 2.45) is 15.9 Å². The summed E-state index contributed by atoms with van der Waals surface area (Å²) >= 11 is 1.53. The number of carbonyl (C=O) groups is 3. The summed E-state index contributed by atoms with van der Waals surface area (Å²) < 4.78 is 0. The Labute approximate surface area is 136 Å². The van der Waals surface area contributed by atoms with Crippen LogP contribution in [0, 0.1) is 5.92 Å². The number of imide groups is 1. The largest absolute Gasteiger partial charge is 0.354 e. The van der Waals surface area contributed by atoms with Crippen molar-refractivity contribution >= 4 is 41.2 Å². The zero-order valence-corrected chi connectivity index (χ0v) is 13.0. The smallest absolute Gasteiger partial charge is 0.352 e. The molecule has 2 aliphatic rings. The molecule has 1 atom stereocenters.